The van der Waals surface area contributed by atoms with Crippen LogP contribution in [-0.2, 0) is 4.79 Å². The Balaban J connectivity index is 1.83. The summed E-state index contributed by atoms with van der Waals surface area (Å²) in [5, 5.41) is 7.54. The molecule has 1 aromatic carbocycles. The van der Waals surface area contributed by atoms with Crippen LogP contribution in [0.25, 0.3) is 0 Å². The molecule has 1 heterocycles. The molecule has 19 heavy (non-hydrogen) atoms. The van der Waals surface area contributed by atoms with Gasteiger partial charge in [0.05, 0.1) is 11.4 Å². The highest BCUT2D eigenvalue weighted by atomic mass is 35.5. The molecule has 6 heteroatoms. The summed E-state index contributed by atoms with van der Waals surface area (Å²) in [5.74, 6) is -0.552. The lowest BCUT2D eigenvalue weighted by Gasteiger charge is -2.06. The number of thiophene rings is 1. The summed E-state index contributed by atoms with van der Waals surface area (Å²) >= 11 is 7.13. The van der Waals surface area contributed by atoms with Crippen molar-refractivity contribution >= 4 is 40.4 Å². The normalized spacial score (nSPS) is 9.95. The van der Waals surface area contributed by atoms with Crippen LogP contribution in [0.4, 0.5) is 5.69 Å². The zero-order valence-electron chi connectivity index (χ0n) is 9.85. The molecule has 0 aliphatic carbocycles. The van der Waals surface area contributed by atoms with Gasteiger partial charge in [0.15, 0.2) is 0 Å². The zero-order valence-corrected chi connectivity index (χ0v) is 11.4. The Morgan fingerprint density at radius 2 is 2.05 bits per heavy atom. The molecular weight excluding hydrogens is 284 g/mol. The Morgan fingerprint density at radius 3 is 2.74 bits per heavy atom. The lowest BCUT2D eigenvalue weighted by Crippen LogP contribution is -2.32. The Labute approximate surface area is 119 Å². The molecule has 2 amide bonds. The van der Waals surface area contributed by atoms with Gasteiger partial charge < -0.3 is 10.6 Å². The minimum absolute atomic E-state index is 0.0801. The molecule has 2 rings (SSSR count). The molecule has 1 aromatic heterocycles. The molecule has 4 nitrogen and oxygen atoms in total. The summed E-state index contributed by atoms with van der Waals surface area (Å²) in [6.07, 6.45) is 0. The summed E-state index contributed by atoms with van der Waals surface area (Å²) in [5.41, 5.74) is 0.600. The van der Waals surface area contributed by atoms with E-state index >= 15 is 0 Å². The van der Waals surface area contributed by atoms with Crippen LogP contribution in [0, 0.1) is 0 Å². The van der Waals surface area contributed by atoms with Gasteiger partial charge >= 0.3 is 0 Å². The number of hydrogen-bond acceptors (Lipinski definition) is 3. The van der Waals surface area contributed by atoms with Gasteiger partial charge in [-0.1, -0.05) is 23.7 Å². The van der Waals surface area contributed by atoms with Crippen molar-refractivity contribution in [1.29, 1.82) is 0 Å². The quantitative estimate of drug-likeness (QED) is 0.911. The Morgan fingerprint density at radius 1 is 1.21 bits per heavy atom. The summed E-state index contributed by atoms with van der Waals surface area (Å²) in [6, 6.07) is 10.3. The topological polar surface area (TPSA) is 58.2 Å². The molecule has 0 fully saturated rings. The first-order valence-corrected chi connectivity index (χ1v) is 6.78. The number of anilines is 1. The monoisotopic (exact) mass is 294 g/mol. The molecule has 0 aliphatic heterocycles. The summed E-state index contributed by atoms with van der Waals surface area (Å²) in [7, 11) is 0. The first-order chi connectivity index (χ1) is 9.15. The van der Waals surface area contributed by atoms with E-state index in [9.17, 15) is 9.59 Å². The van der Waals surface area contributed by atoms with Crippen LogP contribution in [0.1, 0.15) is 9.67 Å². The van der Waals surface area contributed by atoms with E-state index in [0.29, 0.717) is 15.6 Å². The lowest BCUT2D eigenvalue weighted by atomic mass is 10.3. The number of amides is 2. The van der Waals surface area contributed by atoms with Crippen molar-refractivity contribution in [2.45, 2.75) is 0 Å². The second-order valence-corrected chi connectivity index (χ2v) is 5.10. The van der Waals surface area contributed by atoms with Crippen LogP contribution in [0.15, 0.2) is 41.8 Å². The van der Waals surface area contributed by atoms with Crippen LogP contribution in [-0.4, -0.2) is 18.4 Å². The molecule has 0 bridgehead atoms. The van der Waals surface area contributed by atoms with Crippen LogP contribution in [0.2, 0.25) is 5.02 Å². The molecule has 0 aliphatic rings. The number of hydrogen-bond donors (Lipinski definition) is 2. The highest BCUT2D eigenvalue weighted by Crippen LogP contribution is 2.14. The average Bonchev–Trinajstić information content (AvgIpc) is 2.90. The Bertz CT molecular complexity index is 584. The van der Waals surface area contributed by atoms with Crippen molar-refractivity contribution in [3.8, 4) is 0 Å². The fourth-order valence-electron chi connectivity index (χ4n) is 1.43. The highest BCUT2D eigenvalue weighted by Gasteiger charge is 2.08. The van der Waals surface area contributed by atoms with Crippen molar-refractivity contribution in [2.75, 3.05) is 11.9 Å². The van der Waals surface area contributed by atoms with Gasteiger partial charge in [0.25, 0.3) is 5.91 Å². The third-order valence-electron chi connectivity index (χ3n) is 2.26. The standard InChI is InChI=1S/C13H11ClN2O2S/c14-9-3-1-4-10(7-9)16-12(17)8-15-13(18)11-5-2-6-19-11/h1-7H,8H2,(H,15,18)(H,16,17). The molecule has 98 valence electrons. The predicted molar refractivity (Wildman–Crippen MR) is 76.7 cm³/mol. The van der Waals surface area contributed by atoms with Crippen molar-refractivity contribution in [2.24, 2.45) is 0 Å². The smallest absolute Gasteiger partial charge is 0.261 e. The molecule has 0 radical (unpaired) electrons. The van der Waals surface area contributed by atoms with E-state index in [1.807, 2.05) is 0 Å². The van der Waals surface area contributed by atoms with Gasteiger partial charge in [-0.05, 0) is 29.6 Å². The van der Waals surface area contributed by atoms with Crippen molar-refractivity contribution in [1.82, 2.24) is 5.32 Å². The van der Waals surface area contributed by atoms with Crippen molar-refractivity contribution < 1.29 is 9.59 Å². The maximum absolute atomic E-state index is 11.6. The lowest BCUT2D eigenvalue weighted by molar-refractivity contribution is -0.115. The van der Waals surface area contributed by atoms with Gasteiger partial charge in [0.1, 0.15) is 0 Å². The van der Waals surface area contributed by atoms with E-state index in [4.69, 9.17) is 11.6 Å². The number of carbonyl (C=O) groups excluding carboxylic acids is 2. The average molecular weight is 295 g/mol. The summed E-state index contributed by atoms with van der Waals surface area (Å²) in [4.78, 5) is 23.8. The third-order valence-corrected chi connectivity index (χ3v) is 3.37. The minimum atomic E-state index is -0.299. The van der Waals surface area contributed by atoms with Gasteiger partial charge in [-0.3, -0.25) is 9.59 Å². The van der Waals surface area contributed by atoms with Crippen LogP contribution < -0.4 is 10.6 Å². The Hall–Kier alpha value is -1.85. The fraction of sp³-hybridized carbons (Fsp3) is 0.0769. The summed E-state index contributed by atoms with van der Waals surface area (Å²) in [6.45, 7) is -0.0801. The maximum Gasteiger partial charge on any atom is 0.261 e. The molecule has 2 N–H and O–H groups in total. The van der Waals surface area contributed by atoms with E-state index in [-0.39, 0.29) is 18.4 Å². The van der Waals surface area contributed by atoms with Crippen LogP contribution in [0.3, 0.4) is 0 Å². The first-order valence-electron chi connectivity index (χ1n) is 5.52. The number of nitrogens with one attached hydrogen (secondary N) is 2. The number of benzene rings is 1. The second-order valence-electron chi connectivity index (χ2n) is 3.72. The van der Waals surface area contributed by atoms with Gasteiger partial charge in [-0.15, -0.1) is 11.3 Å². The molecule has 0 saturated carbocycles. The molecule has 0 spiro atoms. The Kier molecular flexibility index (Phi) is 4.54. The van der Waals surface area contributed by atoms with Gasteiger partial charge in [-0.25, -0.2) is 0 Å². The van der Waals surface area contributed by atoms with E-state index in [0.717, 1.165) is 0 Å². The van der Waals surface area contributed by atoms with E-state index in [1.54, 1.807) is 41.8 Å². The second kappa shape index (κ2) is 6.36. The minimum Gasteiger partial charge on any atom is -0.342 e. The van der Waals surface area contributed by atoms with Gasteiger partial charge in [0, 0.05) is 10.7 Å². The van der Waals surface area contributed by atoms with Crippen LogP contribution >= 0.6 is 22.9 Å². The zero-order chi connectivity index (χ0) is 13.7. The first kappa shape index (κ1) is 13.6. The third kappa shape index (κ3) is 4.08. The maximum atomic E-state index is 11.6. The largest absolute Gasteiger partial charge is 0.342 e. The van der Waals surface area contributed by atoms with Gasteiger partial charge in [-0.2, -0.15) is 0 Å². The molecule has 0 saturated heterocycles. The highest BCUT2D eigenvalue weighted by molar-refractivity contribution is 7.12. The fourth-order valence-corrected chi connectivity index (χ4v) is 2.26. The van der Waals surface area contributed by atoms with E-state index in [2.05, 4.69) is 10.6 Å². The molecule has 2 aromatic rings. The molecule has 0 atom stereocenters. The van der Waals surface area contributed by atoms with E-state index in [1.165, 1.54) is 11.3 Å². The number of carbonyl (C=O) groups is 2. The molecular formula is C13H11ClN2O2S. The predicted octanol–water partition coefficient (Wildman–Crippen LogP) is 2.77. The van der Waals surface area contributed by atoms with Crippen LogP contribution in [0.5, 0.6) is 0 Å². The van der Waals surface area contributed by atoms with Crippen molar-refractivity contribution in [3.63, 3.8) is 0 Å². The summed E-state index contributed by atoms with van der Waals surface area (Å²) < 4.78 is 0. The number of rotatable bonds is 4. The number of halogens is 1. The van der Waals surface area contributed by atoms with E-state index < -0.39 is 0 Å². The van der Waals surface area contributed by atoms with Gasteiger partial charge in [0.2, 0.25) is 5.91 Å². The molecule has 0 unspecified atom stereocenters. The van der Waals surface area contributed by atoms with Crippen molar-refractivity contribution in [3.05, 3.63) is 51.7 Å². The SMILES string of the molecule is O=C(CNC(=O)c1cccs1)Nc1cccc(Cl)c1.